The van der Waals surface area contributed by atoms with Crippen molar-refractivity contribution >= 4 is 22.6 Å². The van der Waals surface area contributed by atoms with Crippen LogP contribution in [0.25, 0.3) is 10.9 Å². The molecular weight excluding hydrogens is 320 g/mol. The Morgan fingerprint density at radius 1 is 1.50 bits per heavy atom. The topological polar surface area (TPSA) is 99.4 Å². The summed E-state index contributed by atoms with van der Waals surface area (Å²) in [7, 11) is 0. The highest BCUT2D eigenvalue weighted by atomic mass is 19.1. The van der Waals surface area contributed by atoms with Gasteiger partial charge in [-0.3, -0.25) is 9.18 Å². The van der Waals surface area contributed by atoms with Gasteiger partial charge in [-0.05, 0) is 18.6 Å². The van der Waals surface area contributed by atoms with E-state index in [9.17, 15) is 18.4 Å². The van der Waals surface area contributed by atoms with Crippen molar-refractivity contribution in [1.82, 2.24) is 4.98 Å². The number of carboxylic acids is 1. The van der Waals surface area contributed by atoms with E-state index < -0.39 is 35.5 Å². The second-order valence-corrected chi connectivity index (χ2v) is 6.07. The van der Waals surface area contributed by atoms with Gasteiger partial charge in [0.15, 0.2) is 0 Å². The molecule has 0 amide bonds. The van der Waals surface area contributed by atoms with Gasteiger partial charge in [0, 0.05) is 36.6 Å². The number of carboxylic acid groups (broad SMARTS) is 1. The van der Waals surface area contributed by atoms with Crippen molar-refractivity contribution in [3.05, 3.63) is 39.4 Å². The van der Waals surface area contributed by atoms with E-state index in [4.69, 9.17) is 10.8 Å². The predicted molar refractivity (Wildman–Crippen MR) is 85.9 cm³/mol. The minimum absolute atomic E-state index is 0.0285. The number of hydrogen-bond acceptors (Lipinski definition) is 4. The number of pyridine rings is 1. The largest absolute Gasteiger partial charge is 0.477 e. The SMILES string of the molecule is Cc1c(N2C[C@H](CF)[C@H](N)C2)c(F)cc2c(=O)c(C(=O)O)c[nH]c12. The molecule has 2 aromatic rings. The number of aromatic nitrogens is 1. The van der Waals surface area contributed by atoms with E-state index >= 15 is 0 Å². The Kier molecular flexibility index (Phi) is 4.00. The van der Waals surface area contributed by atoms with E-state index in [2.05, 4.69) is 4.98 Å². The summed E-state index contributed by atoms with van der Waals surface area (Å²) in [6.07, 6.45) is 1.10. The molecule has 3 rings (SSSR count). The molecule has 0 radical (unpaired) electrons. The number of halogens is 2. The number of nitrogens with two attached hydrogens (primary N) is 1. The van der Waals surface area contributed by atoms with Gasteiger partial charge < -0.3 is 20.7 Å². The number of fused-ring (bicyclic) bond motifs is 1. The Morgan fingerprint density at radius 3 is 2.79 bits per heavy atom. The van der Waals surface area contributed by atoms with Crippen molar-refractivity contribution in [3.63, 3.8) is 0 Å². The maximum Gasteiger partial charge on any atom is 0.341 e. The summed E-state index contributed by atoms with van der Waals surface area (Å²) in [6.45, 7) is 1.66. The zero-order valence-electron chi connectivity index (χ0n) is 13.0. The number of aryl methyl sites for hydroxylation is 1. The minimum Gasteiger partial charge on any atom is -0.477 e. The van der Waals surface area contributed by atoms with Crippen LogP contribution in [-0.2, 0) is 0 Å². The second-order valence-electron chi connectivity index (χ2n) is 6.07. The van der Waals surface area contributed by atoms with E-state index in [1.807, 2.05) is 0 Å². The summed E-state index contributed by atoms with van der Waals surface area (Å²) in [4.78, 5) is 27.7. The number of nitrogens with zero attached hydrogens (tertiary/aromatic N) is 1. The molecule has 8 heteroatoms. The molecular formula is C16H17F2N3O3. The molecule has 1 aliphatic rings. The van der Waals surface area contributed by atoms with Crippen LogP contribution < -0.4 is 16.1 Å². The third kappa shape index (κ3) is 2.43. The first-order valence-electron chi connectivity index (χ1n) is 7.49. The van der Waals surface area contributed by atoms with Gasteiger partial charge in [0.05, 0.1) is 17.9 Å². The van der Waals surface area contributed by atoms with E-state index in [0.717, 1.165) is 12.3 Å². The van der Waals surface area contributed by atoms with Gasteiger partial charge in [-0.1, -0.05) is 0 Å². The molecule has 24 heavy (non-hydrogen) atoms. The Morgan fingerprint density at radius 2 is 2.21 bits per heavy atom. The third-order valence-corrected chi connectivity index (χ3v) is 4.58. The average molecular weight is 337 g/mol. The van der Waals surface area contributed by atoms with Crippen LogP contribution in [-0.4, -0.2) is 41.9 Å². The predicted octanol–water partition coefficient (Wildman–Crippen LogP) is 1.41. The Hall–Kier alpha value is -2.48. The summed E-state index contributed by atoms with van der Waals surface area (Å²) in [5.41, 5.74) is 5.77. The Labute approximate surface area is 135 Å². The third-order valence-electron chi connectivity index (χ3n) is 4.58. The van der Waals surface area contributed by atoms with Gasteiger partial charge >= 0.3 is 5.97 Å². The quantitative estimate of drug-likeness (QED) is 0.786. The summed E-state index contributed by atoms with van der Waals surface area (Å²) in [5, 5.41) is 8.98. The molecule has 0 spiro atoms. The van der Waals surface area contributed by atoms with Gasteiger partial charge in [0.25, 0.3) is 0 Å². The van der Waals surface area contributed by atoms with Gasteiger partial charge in [0.2, 0.25) is 5.43 Å². The number of hydrogen-bond donors (Lipinski definition) is 3. The van der Waals surface area contributed by atoms with Crippen LogP contribution >= 0.6 is 0 Å². The van der Waals surface area contributed by atoms with Crippen molar-refractivity contribution in [2.24, 2.45) is 11.7 Å². The maximum absolute atomic E-state index is 14.6. The van der Waals surface area contributed by atoms with Crippen LogP contribution in [0.4, 0.5) is 14.5 Å². The van der Waals surface area contributed by atoms with Crippen LogP contribution in [0.15, 0.2) is 17.1 Å². The number of anilines is 1. The van der Waals surface area contributed by atoms with Gasteiger partial charge in [-0.25, -0.2) is 9.18 Å². The fraction of sp³-hybridized carbons (Fsp3) is 0.375. The first-order valence-corrected chi connectivity index (χ1v) is 7.49. The maximum atomic E-state index is 14.6. The van der Waals surface area contributed by atoms with Crippen molar-refractivity contribution < 1.29 is 18.7 Å². The van der Waals surface area contributed by atoms with E-state index in [1.165, 1.54) is 0 Å². The Bertz CT molecular complexity index is 881. The fourth-order valence-electron chi connectivity index (χ4n) is 3.28. The van der Waals surface area contributed by atoms with Crippen molar-refractivity contribution in [1.29, 1.82) is 0 Å². The molecule has 0 unspecified atom stereocenters. The Balaban J connectivity index is 2.17. The lowest BCUT2D eigenvalue weighted by Crippen LogP contribution is -2.30. The van der Waals surface area contributed by atoms with Crippen LogP contribution in [0.1, 0.15) is 15.9 Å². The molecule has 1 aliphatic heterocycles. The summed E-state index contributed by atoms with van der Waals surface area (Å²) in [5.74, 6) is -2.40. The molecule has 1 aromatic carbocycles. The molecule has 4 N–H and O–H groups in total. The van der Waals surface area contributed by atoms with Gasteiger partial charge in [-0.2, -0.15) is 0 Å². The molecule has 1 saturated heterocycles. The number of carbonyl (C=O) groups is 1. The van der Waals surface area contributed by atoms with Crippen molar-refractivity contribution in [3.8, 4) is 0 Å². The summed E-state index contributed by atoms with van der Waals surface area (Å²) in [6, 6.07) is 0.634. The molecule has 128 valence electrons. The number of rotatable bonds is 3. The monoisotopic (exact) mass is 337 g/mol. The number of aromatic carboxylic acids is 1. The molecule has 0 bridgehead atoms. The lowest BCUT2D eigenvalue weighted by Gasteiger charge is -2.22. The lowest BCUT2D eigenvalue weighted by atomic mass is 10.0. The van der Waals surface area contributed by atoms with E-state index in [0.29, 0.717) is 24.2 Å². The molecule has 0 aliphatic carbocycles. The first-order chi connectivity index (χ1) is 11.3. The fourth-order valence-corrected chi connectivity index (χ4v) is 3.28. The first kappa shape index (κ1) is 16.4. The molecule has 1 aromatic heterocycles. The summed E-state index contributed by atoms with van der Waals surface area (Å²) < 4.78 is 27.6. The standard InChI is InChI=1S/C16H17F2N3O3/c1-7-13-9(15(22)10(4-20-13)16(23)24)2-11(18)14(7)21-5-8(3-17)12(19)6-21/h2,4,8,12H,3,5-6,19H2,1H3,(H,20,22)(H,23,24)/t8-,12+/m0/s1. The highest BCUT2D eigenvalue weighted by molar-refractivity contribution is 5.94. The zero-order valence-corrected chi connectivity index (χ0v) is 13.0. The number of H-pyrrole nitrogens is 1. The normalized spacial score (nSPS) is 20.8. The van der Waals surface area contributed by atoms with E-state index in [1.54, 1.807) is 11.8 Å². The van der Waals surface area contributed by atoms with E-state index in [-0.39, 0.29) is 17.0 Å². The second kappa shape index (κ2) is 5.86. The molecule has 6 nitrogen and oxygen atoms in total. The number of aromatic amines is 1. The molecule has 1 fully saturated rings. The molecule has 0 saturated carbocycles. The minimum atomic E-state index is -1.38. The molecule has 2 heterocycles. The van der Waals surface area contributed by atoms with Crippen LogP contribution in [0.2, 0.25) is 0 Å². The number of benzene rings is 1. The van der Waals surface area contributed by atoms with Crippen LogP contribution in [0, 0.1) is 18.7 Å². The molecule has 2 atom stereocenters. The van der Waals surface area contributed by atoms with Crippen molar-refractivity contribution in [2.45, 2.75) is 13.0 Å². The summed E-state index contributed by atoms with van der Waals surface area (Å²) >= 11 is 0. The highest BCUT2D eigenvalue weighted by Crippen LogP contribution is 2.33. The van der Waals surface area contributed by atoms with Crippen molar-refractivity contribution in [2.75, 3.05) is 24.7 Å². The average Bonchev–Trinajstić information content (AvgIpc) is 2.88. The van der Waals surface area contributed by atoms with Crippen LogP contribution in [0.5, 0.6) is 0 Å². The zero-order chi connectivity index (χ0) is 17.6. The van der Waals surface area contributed by atoms with Gasteiger partial charge in [-0.15, -0.1) is 0 Å². The lowest BCUT2D eigenvalue weighted by molar-refractivity contribution is 0.0695. The smallest absolute Gasteiger partial charge is 0.341 e. The highest BCUT2D eigenvalue weighted by Gasteiger charge is 2.33. The van der Waals surface area contributed by atoms with Crippen LogP contribution in [0.3, 0.4) is 0 Å². The van der Waals surface area contributed by atoms with Gasteiger partial charge in [0.1, 0.15) is 11.4 Å². The number of alkyl halides is 1. The number of nitrogens with one attached hydrogen (secondary N) is 1.